The van der Waals surface area contributed by atoms with Crippen LogP contribution in [0, 0.1) is 10.1 Å². The van der Waals surface area contributed by atoms with Crippen molar-refractivity contribution in [2.45, 2.75) is 13.3 Å². The third-order valence-corrected chi connectivity index (χ3v) is 2.54. The summed E-state index contributed by atoms with van der Waals surface area (Å²) in [5.41, 5.74) is 0.634. The van der Waals surface area contributed by atoms with Crippen molar-refractivity contribution in [1.82, 2.24) is 10.6 Å². The van der Waals surface area contributed by atoms with Gasteiger partial charge in [-0.3, -0.25) is 14.9 Å². The molecule has 2 N–H and O–H groups in total. The van der Waals surface area contributed by atoms with E-state index >= 15 is 0 Å². The Labute approximate surface area is 118 Å². The summed E-state index contributed by atoms with van der Waals surface area (Å²) < 4.78 is 0. The molecule has 1 amide bonds. The summed E-state index contributed by atoms with van der Waals surface area (Å²) in [6, 6.07) is 6.13. The largest absolute Gasteiger partial charge is 0.351 e. The van der Waals surface area contributed by atoms with Crippen LogP contribution in [-0.4, -0.2) is 30.5 Å². The molecule has 1 rings (SSSR count). The lowest BCUT2D eigenvalue weighted by Gasteiger charge is -2.03. The molecule has 0 atom stereocenters. The molecule has 6 nitrogen and oxygen atoms in total. The Morgan fingerprint density at radius 2 is 2.15 bits per heavy atom. The summed E-state index contributed by atoms with van der Waals surface area (Å²) in [7, 11) is 0. The molecule has 0 bridgehead atoms. The van der Waals surface area contributed by atoms with E-state index < -0.39 is 4.92 Å². The van der Waals surface area contributed by atoms with E-state index in [0.29, 0.717) is 12.1 Å². The summed E-state index contributed by atoms with van der Waals surface area (Å²) in [6.07, 6.45) is 3.99. The number of rotatable bonds is 8. The Morgan fingerprint density at radius 3 is 2.85 bits per heavy atom. The van der Waals surface area contributed by atoms with Gasteiger partial charge in [-0.1, -0.05) is 19.1 Å². The van der Waals surface area contributed by atoms with Crippen molar-refractivity contribution in [2.24, 2.45) is 0 Å². The number of nitrogens with one attached hydrogen (secondary N) is 2. The van der Waals surface area contributed by atoms with Crippen molar-refractivity contribution in [3.63, 3.8) is 0 Å². The van der Waals surface area contributed by atoms with Gasteiger partial charge in [0.05, 0.1) is 4.92 Å². The van der Waals surface area contributed by atoms with Gasteiger partial charge < -0.3 is 10.6 Å². The summed E-state index contributed by atoms with van der Waals surface area (Å²) in [6.45, 7) is 4.29. The maximum atomic E-state index is 11.5. The highest BCUT2D eigenvalue weighted by atomic mass is 16.6. The average molecular weight is 277 g/mol. The van der Waals surface area contributed by atoms with Crippen LogP contribution in [0.25, 0.3) is 6.08 Å². The highest BCUT2D eigenvalue weighted by Crippen LogP contribution is 2.13. The van der Waals surface area contributed by atoms with Crippen molar-refractivity contribution >= 4 is 17.7 Å². The van der Waals surface area contributed by atoms with Gasteiger partial charge in [0.25, 0.3) is 5.69 Å². The third-order valence-electron chi connectivity index (χ3n) is 2.54. The maximum absolute atomic E-state index is 11.5. The van der Waals surface area contributed by atoms with Crippen LogP contribution < -0.4 is 10.6 Å². The minimum atomic E-state index is -0.461. The Hall–Kier alpha value is -2.21. The zero-order valence-corrected chi connectivity index (χ0v) is 11.5. The second-order valence-electron chi connectivity index (χ2n) is 4.23. The molecular formula is C14H19N3O3. The molecule has 0 spiro atoms. The first-order chi connectivity index (χ1) is 9.63. The van der Waals surface area contributed by atoms with Crippen LogP contribution in [0.15, 0.2) is 30.3 Å². The van der Waals surface area contributed by atoms with Gasteiger partial charge in [-0.2, -0.15) is 0 Å². The molecule has 0 radical (unpaired) electrons. The zero-order chi connectivity index (χ0) is 14.8. The molecule has 20 heavy (non-hydrogen) atoms. The predicted octanol–water partition coefficient (Wildman–Crippen LogP) is 1.72. The van der Waals surface area contributed by atoms with Crippen molar-refractivity contribution in [1.29, 1.82) is 0 Å². The van der Waals surface area contributed by atoms with Crippen molar-refractivity contribution in [2.75, 3.05) is 19.6 Å². The van der Waals surface area contributed by atoms with Crippen LogP contribution in [0.3, 0.4) is 0 Å². The standard InChI is InChI=1S/C14H19N3O3/c1-2-8-15-9-10-16-14(18)7-6-12-4-3-5-13(11-12)17(19)20/h3-7,11,15H,2,8-10H2,1H3,(H,16,18). The lowest BCUT2D eigenvalue weighted by molar-refractivity contribution is -0.384. The third kappa shape index (κ3) is 6.10. The molecule has 108 valence electrons. The van der Waals surface area contributed by atoms with Gasteiger partial charge in [-0.25, -0.2) is 0 Å². The van der Waals surface area contributed by atoms with E-state index in [1.54, 1.807) is 18.2 Å². The Morgan fingerprint density at radius 1 is 1.35 bits per heavy atom. The van der Waals surface area contributed by atoms with E-state index in [2.05, 4.69) is 17.6 Å². The Bertz CT molecular complexity index is 486. The quantitative estimate of drug-likeness (QED) is 0.328. The molecule has 1 aromatic rings. The van der Waals surface area contributed by atoms with E-state index in [-0.39, 0.29) is 11.6 Å². The van der Waals surface area contributed by atoms with Crippen molar-refractivity contribution < 1.29 is 9.72 Å². The Balaban J connectivity index is 2.41. The number of nitro benzene ring substituents is 1. The maximum Gasteiger partial charge on any atom is 0.270 e. The minimum absolute atomic E-state index is 0.0105. The summed E-state index contributed by atoms with van der Waals surface area (Å²) in [5, 5.41) is 16.5. The average Bonchev–Trinajstić information content (AvgIpc) is 2.45. The van der Waals surface area contributed by atoms with E-state index in [4.69, 9.17) is 0 Å². The van der Waals surface area contributed by atoms with E-state index in [9.17, 15) is 14.9 Å². The summed E-state index contributed by atoms with van der Waals surface area (Å²) >= 11 is 0. The number of hydrogen-bond acceptors (Lipinski definition) is 4. The topological polar surface area (TPSA) is 84.3 Å². The van der Waals surface area contributed by atoms with Crippen LogP contribution in [0.1, 0.15) is 18.9 Å². The number of carbonyl (C=O) groups excluding carboxylic acids is 1. The van der Waals surface area contributed by atoms with Gasteiger partial charge in [0.2, 0.25) is 5.91 Å². The lowest BCUT2D eigenvalue weighted by Crippen LogP contribution is -2.30. The molecule has 0 fully saturated rings. The fourth-order valence-electron chi connectivity index (χ4n) is 1.55. The molecule has 0 aliphatic heterocycles. The normalized spacial score (nSPS) is 10.7. The highest BCUT2D eigenvalue weighted by molar-refractivity contribution is 5.91. The lowest BCUT2D eigenvalue weighted by atomic mass is 10.2. The second kappa shape index (κ2) is 8.82. The molecule has 0 saturated carbocycles. The summed E-state index contributed by atoms with van der Waals surface area (Å²) in [4.78, 5) is 21.7. The fourth-order valence-corrected chi connectivity index (χ4v) is 1.55. The Kier molecular flexibility index (Phi) is 6.99. The molecule has 1 aromatic carbocycles. The van der Waals surface area contributed by atoms with Gasteiger partial charge in [-0.15, -0.1) is 0 Å². The second-order valence-corrected chi connectivity index (χ2v) is 4.23. The number of nitrogens with zero attached hydrogens (tertiary/aromatic N) is 1. The van der Waals surface area contributed by atoms with Gasteiger partial charge in [0.1, 0.15) is 0 Å². The first-order valence-corrected chi connectivity index (χ1v) is 6.54. The molecule has 6 heteroatoms. The SMILES string of the molecule is CCCNCCNC(=O)C=Cc1cccc([N+](=O)[O-])c1. The molecule has 0 saturated heterocycles. The minimum Gasteiger partial charge on any atom is -0.351 e. The van der Waals surface area contributed by atoms with Gasteiger partial charge in [0.15, 0.2) is 0 Å². The van der Waals surface area contributed by atoms with Crippen molar-refractivity contribution in [3.8, 4) is 0 Å². The zero-order valence-electron chi connectivity index (χ0n) is 11.5. The molecule has 0 aliphatic carbocycles. The predicted molar refractivity (Wildman–Crippen MR) is 78.3 cm³/mol. The first kappa shape index (κ1) is 15.8. The van der Waals surface area contributed by atoms with Crippen LogP contribution in [-0.2, 0) is 4.79 Å². The van der Waals surface area contributed by atoms with E-state index in [1.807, 2.05) is 0 Å². The number of hydrogen-bond donors (Lipinski definition) is 2. The van der Waals surface area contributed by atoms with Gasteiger partial charge >= 0.3 is 0 Å². The van der Waals surface area contributed by atoms with Crippen LogP contribution in [0.2, 0.25) is 0 Å². The molecule has 0 heterocycles. The van der Waals surface area contributed by atoms with Crippen LogP contribution in [0.5, 0.6) is 0 Å². The number of non-ortho nitro benzene ring substituents is 1. The molecule has 0 aromatic heterocycles. The fraction of sp³-hybridized carbons (Fsp3) is 0.357. The molecular weight excluding hydrogens is 258 g/mol. The summed E-state index contributed by atoms with van der Waals surface area (Å²) in [5.74, 6) is -0.213. The van der Waals surface area contributed by atoms with Crippen LogP contribution in [0.4, 0.5) is 5.69 Å². The number of nitro groups is 1. The van der Waals surface area contributed by atoms with E-state index in [1.165, 1.54) is 18.2 Å². The van der Waals surface area contributed by atoms with Gasteiger partial charge in [-0.05, 0) is 24.6 Å². The number of benzene rings is 1. The number of carbonyl (C=O) groups is 1. The smallest absolute Gasteiger partial charge is 0.270 e. The highest BCUT2D eigenvalue weighted by Gasteiger charge is 2.03. The van der Waals surface area contributed by atoms with Crippen molar-refractivity contribution in [3.05, 3.63) is 46.0 Å². The monoisotopic (exact) mass is 277 g/mol. The van der Waals surface area contributed by atoms with Crippen LogP contribution >= 0.6 is 0 Å². The molecule has 0 unspecified atom stereocenters. The number of amides is 1. The molecule has 0 aliphatic rings. The van der Waals surface area contributed by atoms with E-state index in [0.717, 1.165) is 19.5 Å². The first-order valence-electron chi connectivity index (χ1n) is 6.54. The van der Waals surface area contributed by atoms with Gasteiger partial charge in [0, 0.05) is 31.3 Å².